The van der Waals surface area contributed by atoms with Crippen LogP contribution in [0.5, 0.6) is 0 Å². The predicted molar refractivity (Wildman–Crippen MR) is 48.6 cm³/mol. The zero-order valence-electron chi connectivity index (χ0n) is 7.00. The van der Waals surface area contributed by atoms with Crippen LogP contribution in [0.25, 0.3) is 0 Å². The van der Waals surface area contributed by atoms with Crippen molar-refractivity contribution in [1.82, 2.24) is 4.98 Å². The Bertz CT molecular complexity index is 202. The number of hydrogen-bond acceptors (Lipinski definition) is 3. The lowest BCUT2D eigenvalue weighted by Gasteiger charge is -2.23. The fraction of sp³-hybridized carbons (Fsp3) is 0.625. The van der Waals surface area contributed by atoms with E-state index in [1.165, 1.54) is 0 Å². The third kappa shape index (κ3) is 1.60. The van der Waals surface area contributed by atoms with Crippen LogP contribution in [0, 0.1) is 0 Å². The number of thiazole rings is 1. The van der Waals surface area contributed by atoms with E-state index < -0.39 is 0 Å². The van der Waals surface area contributed by atoms with Crippen molar-refractivity contribution in [2.45, 2.75) is 32.2 Å². The molecule has 0 saturated heterocycles. The average Bonchev–Trinajstić information content (AvgIpc) is 2.55. The molecule has 62 valence electrons. The van der Waals surface area contributed by atoms with Gasteiger partial charge in [0, 0.05) is 11.6 Å². The van der Waals surface area contributed by atoms with Crippen molar-refractivity contribution in [3.05, 3.63) is 16.6 Å². The quantitative estimate of drug-likeness (QED) is 0.754. The molecule has 0 atom stereocenters. The van der Waals surface area contributed by atoms with Crippen LogP contribution in [0.2, 0.25) is 0 Å². The van der Waals surface area contributed by atoms with E-state index in [1.807, 2.05) is 11.6 Å². The summed E-state index contributed by atoms with van der Waals surface area (Å²) in [5, 5.41) is 3.03. The number of aromatic nitrogens is 1. The molecule has 2 N–H and O–H groups in total. The van der Waals surface area contributed by atoms with E-state index in [0.717, 1.165) is 17.8 Å². The minimum Gasteiger partial charge on any atom is -0.319 e. The van der Waals surface area contributed by atoms with Gasteiger partial charge in [-0.2, -0.15) is 0 Å². The average molecular weight is 170 g/mol. The highest BCUT2D eigenvalue weighted by molar-refractivity contribution is 7.09. The Kier molecular flexibility index (Phi) is 2.62. The van der Waals surface area contributed by atoms with Crippen LogP contribution < -0.4 is 5.73 Å². The monoisotopic (exact) mass is 170 g/mol. The van der Waals surface area contributed by atoms with E-state index >= 15 is 0 Å². The second kappa shape index (κ2) is 3.32. The van der Waals surface area contributed by atoms with Crippen molar-refractivity contribution in [1.29, 1.82) is 0 Å². The molecule has 0 unspecified atom stereocenters. The molecule has 0 aliphatic rings. The van der Waals surface area contributed by atoms with Gasteiger partial charge >= 0.3 is 0 Å². The van der Waals surface area contributed by atoms with Gasteiger partial charge in [0.1, 0.15) is 5.01 Å². The Morgan fingerprint density at radius 3 is 2.55 bits per heavy atom. The molecule has 3 heteroatoms. The van der Waals surface area contributed by atoms with Crippen molar-refractivity contribution >= 4 is 11.3 Å². The molecular formula is C8H14N2S. The summed E-state index contributed by atoms with van der Waals surface area (Å²) >= 11 is 1.64. The van der Waals surface area contributed by atoms with E-state index in [9.17, 15) is 0 Å². The molecule has 2 nitrogen and oxygen atoms in total. The summed E-state index contributed by atoms with van der Waals surface area (Å²) in [5.74, 6) is 0. The van der Waals surface area contributed by atoms with Gasteiger partial charge in [-0.1, -0.05) is 13.8 Å². The van der Waals surface area contributed by atoms with Crippen LogP contribution in [-0.4, -0.2) is 4.98 Å². The van der Waals surface area contributed by atoms with Gasteiger partial charge < -0.3 is 5.73 Å². The Labute approximate surface area is 71.5 Å². The van der Waals surface area contributed by atoms with E-state index in [0.29, 0.717) is 0 Å². The normalized spacial score (nSPS) is 11.9. The second-order valence-electron chi connectivity index (χ2n) is 2.70. The maximum absolute atomic E-state index is 6.11. The summed E-state index contributed by atoms with van der Waals surface area (Å²) in [6.07, 6.45) is 3.72. The topological polar surface area (TPSA) is 38.9 Å². The molecule has 0 fully saturated rings. The second-order valence-corrected chi connectivity index (χ2v) is 3.60. The largest absolute Gasteiger partial charge is 0.319 e. The molecule has 0 aliphatic carbocycles. The minimum absolute atomic E-state index is 0.186. The zero-order valence-corrected chi connectivity index (χ0v) is 7.82. The van der Waals surface area contributed by atoms with Crippen LogP contribution in [0.1, 0.15) is 31.7 Å². The van der Waals surface area contributed by atoms with Gasteiger partial charge in [0.25, 0.3) is 0 Å². The van der Waals surface area contributed by atoms with Gasteiger partial charge in [-0.05, 0) is 12.8 Å². The molecule has 0 aromatic carbocycles. The number of nitrogens with zero attached hydrogens (tertiary/aromatic N) is 1. The highest BCUT2D eigenvalue weighted by Gasteiger charge is 2.24. The summed E-state index contributed by atoms with van der Waals surface area (Å²) in [4.78, 5) is 4.22. The van der Waals surface area contributed by atoms with E-state index in [-0.39, 0.29) is 5.54 Å². The van der Waals surface area contributed by atoms with Gasteiger partial charge in [-0.15, -0.1) is 11.3 Å². The zero-order chi connectivity index (χ0) is 8.32. The first-order valence-corrected chi connectivity index (χ1v) is 4.79. The Balaban J connectivity index is 2.87. The van der Waals surface area contributed by atoms with Crippen LogP contribution in [0.15, 0.2) is 11.6 Å². The van der Waals surface area contributed by atoms with Crippen LogP contribution in [0.3, 0.4) is 0 Å². The van der Waals surface area contributed by atoms with Crippen LogP contribution in [0.4, 0.5) is 0 Å². The van der Waals surface area contributed by atoms with Crippen molar-refractivity contribution in [2.75, 3.05) is 0 Å². The molecule has 1 aromatic heterocycles. The predicted octanol–water partition coefficient (Wildman–Crippen LogP) is 2.12. The molecule has 0 radical (unpaired) electrons. The summed E-state index contributed by atoms with van der Waals surface area (Å²) < 4.78 is 0. The highest BCUT2D eigenvalue weighted by atomic mass is 32.1. The van der Waals surface area contributed by atoms with Gasteiger partial charge in [0.15, 0.2) is 0 Å². The summed E-state index contributed by atoms with van der Waals surface area (Å²) in [6.45, 7) is 4.20. The lowest BCUT2D eigenvalue weighted by atomic mass is 9.95. The fourth-order valence-corrected chi connectivity index (χ4v) is 1.92. The van der Waals surface area contributed by atoms with Crippen molar-refractivity contribution in [3.63, 3.8) is 0 Å². The number of rotatable bonds is 3. The minimum atomic E-state index is -0.186. The van der Waals surface area contributed by atoms with Gasteiger partial charge in [-0.3, -0.25) is 0 Å². The van der Waals surface area contributed by atoms with Crippen molar-refractivity contribution in [2.24, 2.45) is 5.73 Å². The third-order valence-corrected chi connectivity index (χ3v) is 3.11. The Hall–Kier alpha value is -0.410. The smallest absolute Gasteiger partial charge is 0.112 e. The molecule has 1 rings (SSSR count). The van der Waals surface area contributed by atoms with Crippen LogP contribution in [-0.2, 0) is 5.54 Å². The first-order valence-electron chi connectivity index (χ1n) is 3.91. The van der Waals surface area contributed by atoms with Crippen molar-refractivity contribution in [3.8, 4) is 0 Å². The molecule has 0 bridgehead atoms. The fourth-order valence-electron chi connectivity index (χ4n) is 1.02. The van der Waals surface area contributed by atoms with Crippen LogP contribution >= 0.6 is 11.3 Å². The Morgan fingerprint density at radius 1 is 1.55 bits per heavy atom. The van der Waals surface area contributed by atoms with Gasteiger partial charge in [-0.25, -0.2) is 4.98 Å². The van der Waals surface area contributed by atoms with E-state index in [4.69, 9.17) is 5.73 Å². The highest BCUT2D eigenvalue weighted by Crippen LogP contribution is 2.26. The number of hydrogen-bond donors (Lipinski definition) is 1. The first-order chi connectivity index (χ1) is 5.23. The van der Waals surface area contributed by atoms with Gasteiger partial charge in [0.05, 0.1) is 5.54 Å². The van der Waals surface area contributed by atoms with E-state index in [2.05, 4.69) is 18.8 Å². The maximum Gasteiger partial charge on any atom is 0.112 e. The summed E-state index contributed by atoms with van der Waals surface area (Å²) in [5.41, 5.74) is 5.92. The molecule has 0 saturated carbocycles. The van der Waals surface area contributed by atoms with E-state index in [1.54, 1.807) is 11.3 Å². The molecule has 1 aromatic rings. The maximum atomic E-state index is 6.11. The standard InChI is InChI=1S/C8H14N2S/c1-3-8(9,4-2)7-10-5-6-11-7/h5-6H,3-4,9H2,1-2H3. The number of nitrogens with two attached hydrogens (primary N) is 1. The summed E-state index contributed by atoms with van der Waals surface area (Å²) in [7, 11) is 0. The molecule has 0 spiro atoms. The summed E-state index contributed by atoms with van der Waals surface area (Å²) in [6, 6.07) is 0. The molecular weight excluding hydrogens is 156 g/mol. The molecule has 0 amide bonds. The first kappa shape index (κ1) is 8.68. The van der Waals surface area contributed by atoms with Gasteiger partial charge in [0.2, 0.25) is 0 Å². The third-order valence-electron chi connectivity index (χ3n) is 2.12. The molecule has 1 heterocycles. The van der Waals surface area contributed by atoms with Crippen molar-refractivity contribution < 1.29 is 0 Å². The lowest BCUT2D eigenvalue weighted by Crippen LogP contribution is -2.34. The molecule has 11 heavy (non-hydrogen) atoms. The Morgan fingerprint density at radius 2 is 2.18 bits per heavy atom. The molecule has 0 aliphatic heterocycles. The lowest BCUT2D eigenvalue weighted by molar-refractivity contribution is 0.411. The SMILES string of the molecule is CCC(N)(CC)c1nccs1.